The van der Waals surface area contributed by atoms with Gasteiger partial charge in [0.15, 0.2) is 0 Å². The second kappa shape index (κ2) is 10.0. The third-order valence-electron chi connectivity index (χ3n) is 6.46. The molecule has 5 heteroatoms. The summed E-state index contributed by atoms with van der Waals surface area (Å²) in [5.41, 5.74) is 1.91. The van der Waals surface area contributed by atoms with Crippen molar-refractivity contribution in [3.8, 4) is 0 Å². The van der Waals surface area contributed by atoms with E-state index in [9.17, 15) is 9.59 Å². The second-order valence-corrected chi connectivity index (χ2v) is 11.9. The maximum Gasteiger partial charge on any atom is 0.261 e. The molecule has 1 aliphatic heterocycles. The molecular formula is C29H25BrNO2P. The van der Waals surface area contributed by atoms with Crippen LogP contribution in [0.2, 0.25) is 0 Å². The predicted molar refractivity (Wildman–Crippen MR) is 137 cm³/mol. The number of hydrogen-bond acceptors (Lipinski definition) is 2. The van der Waals surface area contributed by atoms with Crippen LogP contribution in [0.1, 0.15) is 26.3 Å². The molecule has 0 aliphatic carbocycles. The molecule has 0 spiro atoms. The standard InChI is InChI=1S/C29H25NO2P.BrH/c1-22-12-11-19-26-27(22)29(32)30(28(26)31)20-21-33(23-13-5-2-6-14-23,24-15-7-3-8-16-24)25-17-9-4-10-18-25;/h2-19H,20-21H2,1H3;1H/q+1;/p-1. The number of aryl methyl sites for hydroxylation is 1. The number of benzene rings is 4. The van der Waals surface area contributed by atoms with Gasteiger partial charge in [0, 0.05) is 0 Å². The van der Waals surface area contributed by atoms with Crippen molar-refractivity contribution in [3.05, 3.63) is 126 Å². The van der Waals surface area contributed by atoms with Gasteiger partial charge >= 0.3 is 0 Å². The van der Waals surface area contributed by atoms with E-state index >= 15 is 0 Å². The maximum absolute atomic E-state index is 13.3. The van der Waals surface area contributed by atoms with Gasteiger partial charge in [-0.15, -0.1) is 0 Å². The first-order valence-corrected chi connectivity index (χ1v) is 13.1. The fourth-order valence-corrected chi connectivity index (χ4v) is 9.05. The zero-order valence-corrected chi connectivity index (χ0v) is 21.4. The van der Waals surface area contributed by atoms with Gasteiger partial charge in [0.2, 0.25) is 0 Å². The molecule has 0 aromatic heterocycles. The first kappa shape index (κ1) is 24.1. The Balaban J connectivity index is 0.00000274. The molecule has 0 unspecified atom stereocenters. The zero-order valence-electron chi connectivity index (χ0n) is 18.9. The Labute approximate surface area is 211 Å². The number of hydrogen-bond donors (Lipinski definition) is 0. The Morgan fingerprint density at radius 2 is 1.09 bits per heavy atom. The Bertz CT molecular complexity index is 1210. The largest absolute Gasteiger partial charge is 1.00 e. The van der Waals surface area contributed by atoms with Crippen LogP contribution in [0.5, 0.6) is 0 Å². The van der Waals surface area contributed by atoms with E-state index in [0.717, 1.165) is 5.56 Å². The van der Waals surface area contributed by atoms with E-state index in [4.69, 9.17) is 0 Å². The van der Waals surface area contributed by atoms with Crippen LogP contribution in [0.15, 0.2) is 109 Å². The van der Waals surface area contributed by atoms with E-state index in [1.54, 1.807) is 6.07 Å². The number of halogens is 1. The van der Waals surface area contributed by atoms with E-state index < -0.39 is 7.26 Å². The summed E-state index contributed by atoms with van der Waals surface area (Å²) in [5.74, 6) is -0.369. The monoisotopic (exact) mass is 529 g/mol. The van der Waals surface area contributed by atoms with Crippen LogP contribution >= 0.6 is 7.26 Å². The van der Waals surface area contributed by atoms with Gasteiger partial charge in [-0.1, -0.05) is 66.7 Å². The van der Waals surface area contributed by atoms with Crippen LogP contribution in [0.4, 0.5) is 0 Å². The zero-order chi connectivity index (χ0) is 22.8. The molecule has 0 bridgehead atoms. The molecule has 0 radical (unpaired) electrons. The molecule has 34 heavy (non-hydrogen) atoms. The molecule has 0 N–H and O–H groups in total. The van der Waals surface area contributed by atoms with E-state index in [1.807, 2.05) is 37.3 Å². The van der Waals surface area contributed by atoms with Crippen molar-refractivity contribution in [2.45, 2.75) is 6.92 Å². The number of amides is 2. The molecule has 0 saturated carbocycles. The highest BCUT2D eigenvalue weighted by atomic mass is 79.9. The highest BCUT2D eigenvalue weighted by molar-refractivity contribution is 7.95. The number of fused-ring (bicyclic) bond motifs is 1. The SMILES string of the molecule is Cc1cccc2c1C(=O)N(CC[P+](c1ccccc1)(c1ccccc1)c1ccccc1)C2=O.[Br-]. The molecule has 2 amide bonds. The van der Waals surface area contributed by atoms with Gasteiger partial charge in [0.05, 0.1) is 23.8 Å². The van der Waals surface area contributed by atoms with Crippen LogP contribution in [-0.2, 0) is 0 Å². The van der Waals surface area contributed by atoms with Crippen LogP contribution in [-0.4, -0.2) is 29.4 Å². The van der Waals surface area contributed by atoms with E-state index in [1.165, 1.54) is 20.8 Å². The van der Waals surface area contributed by atoms with Crippen LogP contribution < -0.4 is 32.9 Å². The first-order chi connectivity index (χ1) is 16.1. The van der Waals surface area contributed by atoms with Crippen molar-refractivity contribution in [2.75, 3.05) is 12.7 Å². The molecule has 4 aromatic carbocycles. The number of nitrogens with zero attached hydrogens (tertiary/aromatic N) is 1. The third kappa shape index (κ3) is 4.02. The van der Waals surface area contributed by atoms with Crippen LogP contribution in [0.3, 0.4) is 0 Å². The highest BCUT2D eigenvalue weighted by Gasteiger charge is 2.47. The van der Waals surface area contributed by atoms with Crippen molar-refractivity contribution in [1.29, 1.82) is 0 Å². The Morgan fingerprint density at radius 3 is 1.53 bits per heavy atom. The van der Waals surface area contributed by atoms with Crippen molar-refractivity contribution >= 4 is 35.0 Å². The van der Waals surface area contributed by atoms with E-state index in [-0.39, 0.29) is 28.8 Å². The van der Waals surface area contributed by atoms with Crippen molar-refractivity contribution < 1.29 is 26.6 Å². The van der Waals surface area contributed by atoms with Crippen molar-refractivity contribution in [1.82, 2.24) is 4.90 Å². The molecule has 1 aliphatic rings. The van der Waals surface area contributed by atoms with Crippen molar-refractivity contribution in [2.24, 2.45) is 0 Å². The summed E-state index contributed by atoms with van der Waals surface area (Å²) in [6, 6.07) is 37.1. The lowest BCUT2D eigenvalue weighted by Crippen LogP contribution is -3.00. The lowest BCUT2D eigenvalue weighted by atomic mass is 10.0. The number of carbonyl (C=O) groups excluding carboxylic acids is 2. The minimum atomic E-state index is -2.11. The minimum absolute atomic E-state index is 0. The summed E-state index contributed by atoms with van der Waals surface area (Å²) in [6.45, 7) is 2.26. The number of imide groups is 1. The van der Waals surface area contributed by atoms with Crippen LogP contribution in [0, 0.1) is 6.92 Å². The normalized spacial score (nSPS) is 12.9. The van der Waals surface area contributed by atoms with E-state index in [2.05, 4.69) is 72.8 Å². The predicted octanol–water partition coefficient (Wildman–Crippen LogP) is 1.59. The molecule has 0 atom stereocenters. The highest BCUT2D eigenvalue weighted by Crippen LogP contribution is 2.55. The molecule has 170 valence electrons. The molecule has 0 fully saturated rings. The lowest BCUT2D eigenvalue weighted by Gasteiger charge is -2.29. The van der Waals surface area contributed by atoms with Crippen molar-refractivity contribution in [3.63, 3.8) is 0 Å². The molecular weight excluding hydrogens is 505 g/mol. The van der Waals surface area contributed by atoms with Gasteiger partial charge in [-0.3, -0.25) is 14.5 Å². The number of carbonyl (C=O) groups is 2. The molecule has 0 saturated heterocycles. The molecule has 4 aromatic rings. The Hall–Kier alpha value is -3.07. The number of rotatable bonds is 6. The first-order valence-electron chi connectivity index (χ1n) is 11.1. The second-order valence-electron chi connectivity index (χ2n) is 8.30. The smallest absolute Gasteiger partial charge is 0.261 e. The third-order valence-corrected chi connectivity index (χ3v) is 10.9. The topological polar surface area (TPSA) is 37.4 Å². The average Bonchev–Trinajstić information content (AvgIpc) is 3.12. The summed E-state index contributed by atoms with van der Waals surface area (Å²) in [4.78, 5) is 27.9. The average molecular weight is 530 g/mol. The van der Waals surface area contributed by atoms with Gasteiger partial charge in [-0.05, 0) is 55.0 Å². The lowest BCUT2D eigenvalue weighted by molar-refractivity contribution is -0.0000297. The minimum Gasteiger partial charge on any atom is -1.00 e. The molecule has 5 rings (SSSR count). The van der Waals surface area contributed by atoms with Gasteiger partial charge < -0.3 is 17.0 Å². The molecule has 3 nitrogen and oxygen atoms in total. The summed E-state index contributed by atoms with van der Waals surface area (Å²) < 4.78 is 0. The summed E-state index contributed by atoms with van der Waals surface area (Å²) in [6.07, 6.45) is 0.690. The van der Waals surface area contributed by atoms with Gasteiger partial charge in [-0.2, -0.15) is 0 Å². The maximum atomic E-state index is 13.3. The Morgan fingerprint density at radius 1 is 0.618 bits per heavy atom. The van der Waals surface area contributed by atoms with Crippen LogP contribution in [0.25, 0.3) is 0 Å². The van der Waals surface area contributed by atoms with Gasteiger partial charge in [0.25, 0.3) is 11.8 Å². The summed E-state index contributed by atoms with van der Waals surface area (Å²) >= 11 is 0. The Kier molecular flexibility index (Phi) is 7.11. The summed E-state index contributed by atoms with van der Waals surface area (Å²) in [5, 5.41) is 3.74. The van der Waals surface area contributed by atoms with Gasteiger partial charge in [0.1, 0.15) is 23.2 Å². The molecule has 1 heterocycles. The quantitative estimate of drug-likeness (QED) is 0.281. The fraction of sp³-hybridized carbons (Fsp3) is 0.103. The van der Waals surface area contributed by atoms with E-state index in [0.29, 0.717) is 23.8 Å². The van der Waals surface area contributed by atoms with Gasteiger partial charge in [-0.25, -0.2) is 0 Å². The summed E-state index contributed by atoms with van der Waals surface area (Å²) in [7, 11) is -2.11. The fourth-order valence-electron chi connectivity index (χ4n) is 4.84.